The fourth-order valence-corrected chi connectivity index (χ4v) is 1.73. The maximum absolute atomic E-state index is 5.71. The number of hydrogen-bond donors (Lipinski definition) is 1. The molecule has 2 rings (SSSR count). The summed E-state index contributed by atoms with van der Waals surface area (Å²) in [5.74, 6) is 0.714. The number of pyridine rings is 1. The summed E-state index contributed by atoms with van der Waals surface area (Å²) < 4.78 is 10.8. The molecule has 0 aliphatic carbocycles. The van der Waals surface area contributed by atoms with Gasteiger partial charge in [-0.2, -0.15) is 0 Å². The fraction of sp³-hybridized carbons (Fsp3) is 0.615. The Bertz CT molecular complexity index is 364. The van der Waals surface area contributed by atoms with Crippen LogP contribution in [0.15, 0.2) is 12.1 Å². The molecule has 0 atom stereocenters. The van der Waals surface area contributed by atoms with Crippen LogP contribution in [0.1, 0.15) is 24.6 Å². The highest BCUT2D eigenvalue weighted by Gasteiger charge is 2.20. The zero-order chi connectivity index (χ0) is 12.1. The lowest BCUT2D eigenvalue weighted by molar-refractivity contribution is -0.0814. The molecule has 1 saturated heterocycles. The maximum Gasteiger partial charge on any atom is 0.214 e. The van der Waals surface area contributed by atoms with E-state index in [1.165, 1.54) is 5.56 Å². The van der Waals surface area contributed by atoms with Crippen LogP contribution in [0.3, 0.4) is 0 Å². The van der Waals surface area contributed by atoms with Gasteiger partial charge in [0.15, 0.2) is 0 Å². The molecule has 2 heterocycles. The first kappa shape index (κ1) is 12.3. The molecule has 1 aromatic heterocycles. The Kier molecular flexibility index (Phi) is 4.34. The topological polar surface area (TPSA) is 43.4 Å². The summed E-state index contributed by atoms with van der Waals surface area (Å²) in [5, 5.41) is 3.38. The van der Waals surface area contributed by atoms with Crippen molar-refractivity contribution in [3.05, 3.63) is 23.4 Å². The van der Waals surface area contributed by atoms with E-state index < -0.39 is 0 Å². The standard InChI is InChI=1S/C13H20N2O2/c1-3-4-14-7-11-5-10(2)15-13(6-11)17-12-8-16-9-12/h5-6,12,14H,3-4,7-9H2,1-2H3. The van der Waals surface area contributed by atoms with Gasteiger partial charge in [-0.15, -0.1) is 0 Å². The molecular formula is C13H20N2O2. The van der Waals surface area contributed by atoms with Gasteiger partial charge in [-0.25, -0.2) is 4.98 Å². The minimum atomic E-state index is 0.181. The molecule has 0 radical (unpaired) electrons. The number of nitrogens with zero attached hydrogens (tertiary/aromatic N) is 1. The van der Waals surface area contributed by atoms with Crippen LogP contribution in [-0.2, 0) is 11.3 Å². The van der Waals surface area contributed by atoms with E-state index in [2.05, 4.69) is 23.3 Å². The van der Waals surface area contributed by atoms with Crippen molar-refractivity contribution in [2.45, 2.75) is 32.9 Å². The Hall–Kier alpha value is -1.13. The fourth-order valence-electron chi connectivity index (χ4n) is 1.73. The Morgan fingerprint density at radius 1 is 1.47 bits per heavy atom. The van der Waals surface area contributed by atoms with Gasteiger partial charge in [-0.1, -0.05) is 6.92 Å². The van der Waals surface area contributed by atoms with Crippen molar-refractivity contribution >= 4 is 0 Å². The number of aryl methyl sites for hydroxylation is 1. The zero-order valence-corrected chi connectivity index (χ0v) is 10.5. The summed E-state index contributed by atoms with van der Waals surface area (Å²) >= 11 is 0. The van der Waals surface area contributed by atoms with E-state index in [0.717, 1.165) is 25.2 Å². The molecule has 1 aromatic rings. The molecule has 94 valence electrons. The predicted molar refractivity (Wildman–Crippen MR) is 66.2 cm³/mol. The molecule has 1 N–H and O–H groups in total. The molecular weight excluding hydrogens is 216 g/mol. The third-order valence-corrected chi connectivity index (χ3v) is 2.64. The molecule has 0 amide bonds. The summed E-state index contributed by atoms with van der Waals surface area (Å²) in [6, 6.07) is 4.10. The van der Waals surface area contributed by atoms with Gasteiger partial charge in [0.2, 0.25) is 5.88 Å². The molecule has 4 heteroatoms. The van der Waals surface area contributed by atoms with E-state index in [0.29, 0.717) is 19.1 Å². The molecule has 1 fully saturated rings. The average molecular weight is 236 g/mol. The molecule has 17 heavy (non-hydrogen) atoms. The highest BCUT2D eigenvalue weighted by atomic mass is 16.6. The predicted octanol–water partition coefficient (Wildman–Crippen LogP) is 1.67. The van der Waals surface area contributed by atoms with Crippen molar-refractivity contribution in [1.82, 2.24) is 10.3 Å². The highest BCUT2D eigenvalue weighted by Crippen LogP contribution is 2.16. The molecule has 1 aliphatic rings. The number of aromatic nitrogens is 1. The van der Waals surface area contributed by atoms with E-state index in [9.17, 15) is 0 Å². The van der Waals surface area contributed by atoms with Gasteiger partial charge in [0.25, 0.3) is 0 Å². The lowest BCUT2D eigenvalue weighted by atomic mass is 10.2. The Morgan fingerprint density at radius 3 is 2.94 bits per heavy atom. The van der Waals surface area contributed by atoms with E-state index in [1.807, 2.05) is 13.0 Å². The van der Waals surface area contributed by atoms with Crippen molar-refractivity contribution in [2.24, 2.45) is 0 Å². The van der Waals surface area contributed by atoms with Crippen molar-refractivity contribution in [3.8, 4) is 5.88 Å². The van der Waals surface area contributed by atoms with Crippen molar-refractivity contribution in [1.29, 1.82) is 0 Å². The Morgan fingerprint density at radius 2 is 2.29 bits per heavy atom. The van der Waals surface area contributed by atoms with Crippen LogP contribution in [0.2, 0.25) is 0 Å². The Balaban J connectivity index is 1.95. The third kappa shape index (κ3) is 3.68. The molecule has 0 bridgehead atoms. The van der Waals surface area contributed by atoms with Crippen molar-refractivity contribution in [3.63, 3.8) is 0 Å². The second-order valence-electron chi connectivity index (χ2n) is 4.41. The highest BCUT2D eigenvalue weighted by molar-refractivity contribution is 5.24. The minimum Gasteiger partial charge on any atom is -0.469 e. The van der Waals surface area contributed by atoms with Crippen molar-refractivity contribution in [2.75, 3.05) is 19.8 Å². The van der Waals surface area contributed by atoms with Crippen LogP contribution in [0.5, 0.6) is 5.88 Å². The van der Waals surface area contributed by atoms with Gasteiger partial charge < -0.3 is 14.8 Å². The summed E-state index contributed by atoms with van der Waals surface area (Å²) in [7, 11) is 0. The largest absolute Gasteiger partial charge is 0.469 e. The van der Waals surface area contributed by atoms with E-state index in [-0.39, 0.29) is 6.10 Å². The second-order valence-corrected chi connectivity index (χ2v) is 4.41. The zero-order valence-electron chi connectivity index (χ0n) is 10.5. The average Bonchev–Trinajstić information content (AvgIpc) is 2.23. The normalized spacial score (nSPS) is 15.6. The summed E-state index contributed by atoms with van der Waals surface area (Å²) in [4.78, 5) is 4.38. The molecule has 0 unspecified atom stereocenters. The lowest BCUT2D eigenvalue weighted by Gasteiger charge is -2.26. The SMILES string of the molecule is CCCNCc1cc(C)nc(OC2COC2)c1. The molecule has 4 nitrogen and oxygen atoms in total. The van der Waals surface area contributed by atoms with Gasteiger partial charge >= 0.3 is 0 Å². The third-order valence-electron chi connectivity index (χ3n) is 2.64. The van der Waals surface area contributed by atoms with Crippen LogP contribution in [0.4, 0.5) is 0 Å². The first-order valence-corrected chi connectivity index (χ1v) is 6.20. The number of rotatable bonds is 6. The number of nitrogens with one attached hydrogen (secondary N) is 1. The molecule has 1 aliphatic heterocycles. The van der Waals surface area contributed by atoms with Gasteiger partial charge in [0.05, 0.1) is 13.2 Å². The second kappa shape index (κ2) is 5.98. The van der Waals surface area contributed by atoms with Gasteiger partial charge in [0.1, 0.15) is 6.10 Å². The van der Waals surface area contributed by atoms with E-state index >= 15 is 0 Å². The van der Waals surface area contributed by atoms with Gasteiger partial charge in [-0.3, -0.25) is 0 Å². The minimum absolute atomic E-state index is 0.181. The summed E-state index contributed by atoms with van der Waals surface area (Å²) in [6.07, 6.45) is 1.33. The van der Waals surface area contributed by atoms with Gasteiger partial charge in [-0.05, 0) is 31.5 Å². The quantitative estimate of drug-likeness (QED) is 0.763. The maximum atomic E-state index is 5.71. The van der Waals surface area contributed by atoms with Crippen LogP contribution >= 0.6 is 0 Å². The van der Waals surface area contributed by atoms with Crippen LogP contribution in [0, 0.1) is 6.92 Å². The lowest BCUT2D eigenvalue weighted by Crippen LogP contribution is -2.38. The van der Waals surface area contributed by atoms with Crippen molar-refractivity contribution < 1.29 is 9.47 Å². The molecule has 0 spiro atoms. The van der Waals surface area contributed by atoms with Crippen LogP contribution in [0.25, 0.3) is 0 Å². The molecule has 0 saturated carbocycles. The smallest absolute Gasteiger partial charge is 0.214 e. The van der Waals surface area contributed by atoms with Gasteiger partial charge in [0, 0.05) is 18.3 Å². The monoisotopic (exact) mass is 236 g/mol. The Labute approximate surface area is 102 Å². The van der Waals surface area contributed by atoms with Crippen LogP contribution in [-0.4, -0.2) is 30.8 Å². The summed E-state index contributed by atoms with van der Waals surface area (Å²) in [5.41, 5.74) is 2.22. The first-order valence-electron chi connectivity index (χ1n) is 6.20. The van der Waals surface area contributed by atoms with E-state index in [1.54, 1.807) is 0 Å². The molecule has 0 aromatic carbocycles. The number of ether oxygens (including phenoxy) is 2. The van der Waals surface area contributed by atoms with E-state index in [4.69, 9.17) is 9.47 Å². The van der Waals surface area contributed by atoms with Crippen LogP contribution < -0.4 is 10.1 Å². The number of hydrogen-bond acceptors (Lipinski definition) is 4. The first-order chi connectivity index (χ1) is 8.28. The summed E-state index contributed by atoms with van der Waals surface area (Å²) in [6.45, 7) is 7.42.